The molecule has 1 aliphatic rings. The number of carbonyl (C=O) groups excluding carboxylic acids is 2. The minimum absolute atomic E-state index is 0.306. The fraction of sp³-hybridized carbons (Fsp3) is 0.222. The summed E-state index contributed by atoms with van der Waals surface area (Å²) >= 11 is 0. The van der Waals surface area contributed by atoms with Gasteiger partial charge in [0.25, 0.3) is 0 Å². The third-order valence-electron chi connectivity index (χ3n) is 3.91. The van der Waals surface area contributed by atoms with Gasteiger partial charge in [-0.15, -0.1) is 0 Å². The molecule has 0 spiro atoms. The number of halogens is 3. The molecule has 0 unspecified atom stereocenters. The van der Waals surface area contributed by atoms with Gasteiger partial charge in [0.15, 0.2) is 6.61 Å². The van der Waals surface area contributed by atoms with Gasteiger partial charge in [-0.2, -0.15) is 13.2 Å². The summed E-state index contributed by atoms with van der Waals surface area (Å²) in [5.74, 6) is 0. The van der Waals surface area contributed by atoms with Crippen molar-refractivity contribution in [2.24, 2.45) is 0 Å². The van der Waals surface area contributed by atoms with Crippen LogP contribution >= 0.6 is 0 Å². The molecule has 0 radical (unpaired) electrons. The number of carbonyl (C=O) groups is 2. The molecule has 2 aromatic rings. The Balaban J connectivity index is 1.68. The Labute approximate surface area is 147 Å². The molecule has 1 N–H and O–H groups in total. The fourth-order valence-electron chi connectivity index (χ4n) is 2.77. The van der Waals surface area contributed by atoms with Crippen LogP contribution in [0.4, 0.5) is 28.4 Å². The first-order chi connectivity index (χ1) is 12.3. The molecule has 2 aromatic carbocycles. The summed E-state index contributed by atoms with van der Waals surface area (Å²) in [4.78, 5) is 24.7. The van der Waals surface area contributed by atoms with Gasteiger partial charge in [0.2, 0.25) is 0 Å². The SMILES string of the molecule is O=C(NC(=O)N1CCc2cc1ccc2-c1ccccc1)OCC(F)(F)F. The zero-order valence-corrected chi connectivity index (χ0v) is 13.5. The predicted octanol–water partition coefficient (Wildman–Crippen LogP) is 4.12. The zero-order chi connectivity index (χ0) is 18.7. The lowest BCUT2D eigenvalue weighted by Crippen LogP contribution is -2.45. The summed E-state index contributed by atoms with van der Waals surface area (Å²) in [6, 6.07) is 14.4. The van der Waals surface area contributed by atoms with Crippen LogP contribution in [0, 0.1) is 0 Å². The van der Waals surface area contributed by atoms with Crippen molar-refractivity contribution < 1.29 is 27.5 Å². The van der Waals surface area contributed by atoms with Crippen molar-refractivity contribution in [3.8, 4) is 11.1 Å². The van der Waals surface area contributed by atoms with Crippen molar-refractivity contribution in [2.45, 2.75) is 12.6 Å². The number of anilines is 1. The van der Waals surface area contributed by atoms with Crippen LogP contribution in [0.25, 0.3) is 11.1 Å². The van der Waals surface area contributed by atoms with E-state index in [0.717, 1.165) is 16.7 Å². The molecule has 0 saturated heterocycles. The third-order valence-corrected chi connectivity index (χ3v) is 3.91. The molecule has 1 aliphatic heterocycles. The first-order valence-corrected chi connectivity index (χ1v) is 7.84. The molecule has 0 aliphatic carbocycles. The molecular formula is C18H15F3N2O3. The van der Waals surface area contributed by atoms with Crippen LogP contribution in [0.2, 0.25) is 0 Å². The van der Waals surface area contributed by atoms with E-state index in [1.54, 1.807) is 11.4 Å². The Morgan fingerprint density at radius 3 is 2.54 bits per heavy atom. The first kappa shape index (κ1) is 17.8. The van der Waals surface area contributed by atoms with E-state index in [0.29, 0.717) is 18.7 Å². The molecule has 2 bridgehead atoms. The second-order valence-corrected chi connectivity index (χ2v) is 5.73. The lowest BCUT2D eigenvalue weighted by Gasteiger charge is -2.28. The van der Waals surface area contributed by atoms with Crippen LogP contribution < -0.4 is 10.2 Å². The number of imide groups is 1. The second kappa shape index (κ2) is 7.07. The largest absolute Gasteiger partial charge is 0.440 e. The molecule has 136 valence electrons. The van der Waals surface area contributed by atoms with Crippen LogP contribution in [0.3, 0.4) is 0 Å². The molecule has 8 heteroatoms. The predicted molar refractivity (Wildman–Crippen MR) is 88.9 cm³/mol. The van der Waals surface area contributed by atoms with Crippen molar-refractivity contribution >= 4 is 17.8 Å². The van der Waals surface area contributed by atoms with Gasteiger partial charge in [-0.3, -0.25) is 4.90 Å². The highest BCUT2D eigenvalue weighted by Gasteiger charge is 2.30. The Hall–Kier alpha value is -3.03. The maximum atomic E-state index is 12.1. The van der Waals surface area contributed by atoms with E-state index in [1.165, 1.54) is 4.90 Å². The lowest BCUT2D eigenvalue weighted by atomic mass is 9.94. The Kier molecular flexibility index (Phi) is 4.83. The second-order valence-electron chi connectivity index (χ2n) is 5.73. The smallest absolute Gasteiger partial charge is 0.422 e. The van der Waals surface area contributed by atoms with Crippen molar-refractivity contribution in [3.05, 3.63) is 54.1 Å². The summed E-state index contributed by atoms with van der Waals surface area (Å²) in [7, 11) is 0. The number of hydrogen-bond donors (Lipinski definition) is 1. The number of rotatable bonds is 2. The summed E-state index contributed by atoms with van der Waals surface area (Å²) in [5.41, 5.74) is 3.73. The molecule has 3 rings (SSSR count). The molecule has 0 aromatic heterocycles. The van der Waals surface area contributed by atoms with E-state index in [-0.39, 0.29) is 0 Å². The van der Waals surface area contributed by atoms with Gasteiger partial charge in [-0.25, -0.2) is 14.9 Å². The van der Waals surface area contributed by atoms with Crippen LogP contribution in [0.1, 0.15) is 5.56 Å². The average Bonchev–Trinajstić information content (AvgIpc) is 2.60. The van der Waals surface area contributed by atoms with E-state index in [2.05, 4.69) is 4.74 Å². The molecule has 26 heavy (non-hydrogen) atoms. The minimum Gasteiger partial charge on any atom is -0.440 e. The molecule has 1 heterocycles. The molecule has 0 saturated carbocycles. The highest BCUT2D eigenvalue weighted by Crippen LogP contribution is 2.31. The van der Waals surface area contributed by atoms with Crippen LogP contribution in [-0.2, 0) is 11.2 Å². The molecular weight excluding hydrogens is 349 g/mol. The third kappa shape index (κ3) is 4.14. The topological polar surface area (TPSA) is 58.6 Å². The van der Waals surface area contributed by atoms with E-state index >= 15 is 0 Å². The average molecular weight is 364 g/mol. The van der Waals surface area contributed by atoms with Gasteiger partial charge in [0.1, 0.15) is 0 Å². The monoisotopic (exact) mass is 364 g/mol. The van der Waals surface area contributed by atoms with Gasteiger partial charge in [-0.05, 0) is 35.2 Å². The molecule has 0 fully saturated rings. The maximum absolute atomic E-state index is 12.1. The standard InChI is InChI=1S/C18H15F3N2O3/c19-18(20,21)11-26-17(25)22-16(24)23-9-8-13-10-14(23)6-7-15(13)12-4-2-1-3-5-12/h1-7,10H,8-9,11H2,(H,22,24,25). The first-order valence-electron chi connectivity index (χ1n) is 7.84. The van der Waals surface area contributed by atoms with Crippen LogP contribution in [-0.4, -0.2) is 31.5 Å². The number of alkyl halides is 3. The number of fused-ring (bicyclic) bond motifs is 2. The number of nitrogens with zero attached hydrogens (tertiary/aromatic N) is 1. The van der Waals surface area contributed by atoms with E-state index in [9.17, 15) is 22.8 Å². The summed E-state index contributed by atoms with van der Waals surface area (Å²) < 4.78 is 40.1. The highest BCUT2D eigenvalue weighted by molar-refractivity contribution is 6.01. The number of alkyl carbamates (subject to hydrolysis) is 1. The van der Waals surface area contributed by atoms with Crippen LogP contribution in [0.15, 0.2) is 48.5 Å². The van der Waals surface area contributed by atoms with Gasteiger partial charge in [0.05, 0.1) is 0 Å². The van der Waals surface area contributed by atoms with Gasteiger partial charge in [0, 0.05) is 12.2 Å². The van der Waals surface area contributed by atoms with Gasteiger partial charge >= 0.3 is 18.3 Å². The molecule has 3 amide bonds. The maximum Gasteiger partial charge on any atom is 0.422 e. The highest BCUT2D eigenvalue weighted by atomic mass is 19.4. The summed E-state index contributed by atoms with van der Waals surface area (Å²) in [6.07, 6.45) is -5.52. The quantitative estimate of drug-likeness (QED) is 0.872. The Morgan fingerprint density at radius 2 is 1.85 bits per heavy atom. The minimum atomic E-state index is -4.65. The van der Waals surface area contributed by atoms with Gasteiger partial charge < -0.3 is 4.74 Å². The number of urea groups is 1. The van der Waals surface area contributed by atoms with E-state index in [4.69, 9.17) is 0 Å². The zero-order valence-electron chi connectivity index (χ0n) is 13.5. The lowest BCUT2D eigenvalue weighted by molar-refractivity contribution is -0.160. The van der Waals surface area contributed by atoms with E-state index in [1.807, 2.05) is 42.5 Å². The van der Waals surface area contributed by atoms with E-state index < -0.39 is 24.9 Å². The number of nitrogens with one attached hydrogen (secondary N) is 1. The fourth-order valence-corrected chi connectivity index (χ4v) is 2.77. The normalized spacial score (nSPS) is 13.3. The van der Waals surface area contributed by atoms with Crippen molar-refractivity contribution in [1.82, 2.24) is 5.32 Å². The number of hydrogen-bond acceptors (Lipinski definition) is 3. The summed E-state index contributed by atoms with van der Waals surface area (Å²) in [6.45, 7) is -1.44. The Bertz CT molecular complexity index is 822. The molecule has 0 atom stereocenters. The van der Waals surface area contributed by atoms with Crippen LogP contribution in [0.5, 0.6) is 0 Å². The summed E-state index contributed by atoms with van der Waals surface area (Å²) in [5, 5.41) is 1.80. The van der Waals surface area contributed by atoms with Crippen molar-refractivity contribution in [1.29, 1.82) is 0 Å². The number of benzene rings is 2. The number of amides is 3. The Morgan fingerprint density at radius 1 is 1.12 bits per heavy atom. The van der Waals surface area contributed by atoms with Gasteiger partial charge in [-0.1, -0.05) is 36.4 Å². The van der Waals surface area contributed by atoms with Crippen molar-refractivity contribution in [2.75, 3.05) is 18.1 Å². The number of ether oxygens (including phenoxy) is 1. The van der Waals surface area contributed by atoms with Crippen molar-refractivity contribution in [3.63, 3.8) is 0 Å². The molecule has 5 nitrogen and oxygen atoms in total.